The predicted molar refractivity (Wildman–Crippen MR) is 80.4 cm³/mol. The van der Waals surface area contributed by atoms with Crippen LogP contribution < -0.4 is 11.1 Å². The number of rotatable bonds is 5. The van der Waals surface area contributed by atoms with Gasteiger partial charge >= 0.3 is 0 Å². The van der Waals surface area contributed by atoms with E-state index in [1.54, 1.807) is 0 Å². The Hall–Kier alpha value is -1.66. The molecule has 1 heterocycles. The Morgan fingerprint density at radius 1 is 1.57 bits per heavy atom. The van der Waals surface area contributed by atoms with Crippen LogP contribution in [0.5, 0.6) is 0 Å². The number of nitrogens with zero attached hydrogens (tertiary/aromatic N) is 1. The molecule has 1 aliphatic heterocycles. The fourth-order valence-electron chi connectivity index (χ4n) is 2.54. The van der Waals surface area contributed by atoms with Crippen LogP contribution in [0.15, 0.2) is 18.2 Å². The summed E-state index contributed by atoms with van der Waals surface area (Å²) in [7, 11) is 0. The third-order valence-electron chi connectivity index (χ3n) is 3.67. The highest BCUT2D eigenvalue weighted by Gasteiger charge is 2.30. The summed E-state index contributed by atoms with van der Waals surface area (Å²) in [6.45, 7) is 4.06. The van der Waals surface area contributed by atoms with Crippen molar-refractivity contribution in [3.8, 4) is 0 Å². The van der Waals surface area contributed by atoms with Crippen LogP contribution in [0.3, 0.4) is 0 Å². The fraction of sp³-hybridized carbons (Fsp3) is 0.533. The predicted octanol–water partition coefficient (Wildman–Crippen LogP) is 1.58. The number of benzene rings is 1. The summed E-state index contributed by atoms with van der Waals surface area (Å²) in [6, 6.07) is 4.09. The molecule has 1 unspecified atom stereocenters. The third-order valence-corrected chi connectivity index (χ3v) is 3.67. The van der Waals surface area contributed by atoms with E-state index in [2.05, 4.69) is 10.2 Å². The van der Waals surface area contributed by atoms with Crippen LogP contribution in [-0.4, -0.2) is 41.1 Å². The summed E-state index contributed by atoms with van der Waals surface area (Å²) in [4.78, 5) is 13.9. The SMILES string of the molecule is CC1(O)CCN(CCCC(=O)Nc2cc(N)ccc2F)C1. The number of aliphatic hydroxyl groups is 1. The summed E-state index contributed by atoms with van der Waals surface area (Å²) in [5.74, 6) is -0.724. The molecule has 1 amide bonds. The fourth-order valence-corrected chi connectivity index (χ4v) is 2.54. The summed E-state index contributed by atoms with van der Waals surface area (Å²) in [6.07, 6.45) is 1.74. The summed E-state index contributed by atoms with van der Waals surface area (Å²) in [5.41, 5.74) is 5.47. The molecular formula is C15H22FN3O2. The van der Waals surface area contributed by atoms with Crippen LogP contribution in [0.25, 0.3) is 0 Å². The molecule has 0 spiro atoms. The summed E-state index contributed by atoms with van der Waals surface area (Å²) < 4.78 is 13.5. The third kappa shape index (κ3) is 4.68. The van der Waals surface area contributed by atoms with Crippen molar-refractivity contribution in [2.75, 3.05) is 30.7 Å². The maximum atomic E-state index is 13.5. The van der Waals surface area contributed by atoms with Gasteiger partial charge in [0.25, 0.3) is 0 Å². The molecule has 21 heavy (non-hydrogen) atoms. The Bertz CT molecular complexity index is 520. The Labute approximate surface area is 123 Å². The van der Waals surface area contributed by atoms with Crippen molar-refractivity contribution in [3.05, 3.63) is 24.0 Å². The number of β-amino-alcohol motifs (C(OH)–C–C–N with tert-alkyl or cyclic N) is 1. The van der Waals surface area contributed by atoms with Gasteiger partial charge in [0.2, 0.25) is 5.91 Å². The number of anilines is 2. The van der Waals surface area contributed by atoms with E-state index in [4.69, 9.17) is 5.73 Å². The molecule has 1 fully saturated rings. The van der Waals surface area contributed by atoms with Crippen LogP contribution in [0.1, 0.15) is 26.2 Å². The molecule has 1 aromatic carbocycles. The lowest BCUT2D eigenvalue weighted by atomic mass is 10.1. The molecular weight excluding hydrogens is 273 g/mol. The van der Waals surface area contributed by atoms with Gasteiger partial charge in [-0.3, -0.25) is 4.79 Å². The first-order valence-electron chi connectivity index (χ1n) is 7.15. The molecule has 116 valence electrons. The van der Waals surface area contributed by atoms with Crippen LogP contribution in [0, 0.1) is 5.82 Å². The highest BCUT2D eigenvalue weighted by molar-refractivity contribution is 5.91. The van der Waals surface area contributed by atoms with Gasteiger partial charge in [0.1, 0.15) is 5.82 Å². The molecule has 0 saturated carbocycles. The van der Waals surface area contributed by atoms with Crippen molar-refractivity contribution in [1.29, 1.82) is 0 Å². The number of amides is 1. The van der Waals surface area contributed by atoms with Gasteiger partial charge in [0.05, 0.1) is 11.3 Å². The van der Waals surface area contributed by atoms with Crippen molar-refractivity contribution < 1.29 is 14.3 Å². The van der Waals surface area contributed by atoms with Gasteiger partial charge in [-0.15, -0.1) is 0 Å². The number of likely N-dealkylation sites (tertiary alicyclic amines) is 1. The van der Waals surface area contributed by atoms with Gasteiger partial charge in [0, 0.05) is 25.2 Å². The first kappa shape index (κ1) is 15.7. The van der Waals surface area contributed by atoms with E-state index in [1.807, 2.05) is 6.92 Å². The number of halogens is 1. The second kappa shape index (κ2) is 6.41. The number of carbonyl (C=O) groups is 1. The van der Waals surface area contributed by atoms with Gasteiger partial charge in [-0.25, -0.2) is 4.39 Å². The number of nitrogens with two attached hydrogens (primary N) is 1. The molecule has 5 nitrogen and oxygen atoms in total. The minimum Gasteiger partial charge on any atom is -0.399 e. The minimum atomic E-state index is -0.618. The molecule has 1 aliphatic rings. The minimum absolute atomic E-state index is 0.115. The average molecular weight is 295 g/mol. The number of nitrogen functional groups attached to an aromatic ring is 1. The Balaban J connectivity index is 1.74. The second-order valence-electron chi connectivity index (χ2n) is 5.91. The lowest BCUT2D eigenvalue weighted by Gasteiger charge is -2.18. The van der Waals surface area contributed by atoms with E-state index < -0.39 is 11.4 Å². The molecule has 4 N–H and O–H groups in total. The van der Waals surface area contributed by atoms with Gasteiger partial charge in [-0.2, -0.15) is 0 Å². The van der Waals surface area contributed by atoms with Crippen molar-refractivity contribution in [2.45, 2.75) is 31.8 Å². The van der Waals surface area contributed by atoms with E-state index in [-0.39, 0.29) is 11.6 Å². The van der Waals surface area contributed by atoms with E-state index in [0.717, 1.165) is 19.5 Å². The molecule has 0 aromatic heterocycles. The van der Waals surface area contributed by atoms with Crippen molar-refractivity contribution in [3.63, 3.8) is 0 Å². The van der Waals surface area contributed by atoms with Crippen molar-refractivity contribution in [2.24, 2.45) is 0 Å². The highest BCUT2D eigenvalue weighted by atomic mass is 19.1. The maximum absolute atomic E-state index is 13.5. The molecule has 0 radical (unpaired) electrons. The molecule has 0 bridgehead atoms. The molecule has 2 rings (SSSR count). The molecule has 1 atom stereocenters. The maximum Gasteiger partial charge on any atom is 0.224 e. The molecule has 6 heteroatoms. The first-order valence-corrected chi connectivity index (χ1v) is 7.15. The smallest absolute Gasteiger partial charge is 0.224 e. The Morgan fingerprint density at radius 3 is 3.00 bits per heavy atom. The van der Waals surface area contributed by atoms with E-state index in [1.165, 1.54) is 18.2 Å². The van der Waals surface area contributed by atoms with Gasteiger partial charge < -0.3 is 21.1 Å². The second-order valence-corrected chi connectivity index (χ2v) is 5.91. The number of nitrogens with one attached hydrogen (secondary N) is 1. The number of hydrogen-bond acceptors (Lipinski definition) is 4. The van der Waals surface area contributed by atoms with Crippen molar-refractivity contribution >= 4 is 17.3 Å². The standard InChI is InChI=1S/C15H22FN3O2/c1-15(21)6-8-19(10-15)7-2-3-14(20)18-13-9-11(17)4-5-12(13)16/h4-5,9,21H,2-3,6-8,10,17H2,1H3,(H,18,20). The normalized spacial score (nSPS) is 22.4. The van der Waals surface area contributed by atoms with Crippen LogP contribution in [0.2, 0.25) is 0 Å². The zero-order valence-electron chi connectivity index (χ0n) is 12.2. The number of hydrogen-bond donors (Lipinski definition) is 3. The van der Waals surface area contributed by atoms with Crippen LogP contribution in [0.4, 0.5) is 15.8 Å². The zero-order chi connectivity index (χ0) is 15.5. The largest absolute Gasteiger partial charge is 0.399 e. The van der Waals surface area contributed by atoms with E-state index in [0.29, 0.717) is 25.1 Å². The first-order chi connectivity index (χ1) is 9.85. The summed E-state index contributed by atoms with van der Waals surface area (Å²) >= 11 is 0. The van der Waals surface area contributed by atoms with Crippen LogP contribution >= 0.6 is 0 Å². The van der Waals surface area contributed by atoms with Gasteiger partial charge in [0.15, 0.2) is 0 Å². The van der Waals surface area contributed by atoms with E-state index in [9.17, 15) is 14.3 Å². The van der Waals surface area contributed by atoms with Crippen LogP contribution in [-0.2, 0) is 4.79 Å². The highest BCUT2D eigenvalue weighted by Crippen LogP contribution is 2.21. The zero-order valence-corrected chi connectivity index (χ0v) is 12.2. The quantitative estimate of drug-likeness (QED) is 0.721. The molecule has 0 aliphatic carbocycles. The molecule has 1 aromatic rings. The average Bonchev–Trinajstić information content (AvgIpc) is 2.73. The monoisotopic (exact) mass is 295 g/mol. The lowest BCUT2D eigenvalue weighted by Crippen LogP contribution is -2.30. The Kier molecular flexibility index (Phi) is 4.80. The summed E-state index contributed by atoms with van der Waals surface area (Å²) in [5, 5.41) is 12.4. The molecule has 1 saturated heterocycles. The Morgan fingerprint density at radius 2 is 2.33 bits per heavy atom. The van der Waals surface area contributed by atoms with Crippen molar-refractivity contribution in [1.82, 2.24) is 4.90 Å². The van der Waals surface area contributed by atoms with Gasteiger partial charge in [-0.05, 0) is 44.5 Å². The van der Waals surface area contributed by atoms with E-state index >= 15 is 0 Å². The topological polar surface area (TPSA) is 78.6 Å². The number of carbonyl (C=O) groups excluding carboxylic acids is 1. The van der Waals surface area contributed by atoms with Gasteiger partial charge in [-0.1, -0.05) is 0 Å². The lowest BCUT2D eigenvalue weighted by molar-refractivity contribution is -0.116.